The molecule has 0 aliphatic rings. The quantitative estimate of drug-likeness (QED) is 0.821. The Labute approximate surface area is 105 Å². The average Bonchev–Trinajstić information content (AvgIpc) is 2.42. The molecule has 1 heterocycles. The Hall–Kier alpha value is -2.54. The maximum atomic E-state index is 11.3. The summed E-state index contributed by atoms with van der Waals surface area (Å²) in [5.41, 5.74) is 0.890. The van der Waals surface area contributed by atoms with E-state index in [2.05, 4.69) is 16.2 Å². The number of fused-ring (bicyclic) bond motifs is 1. The van der Waals surface area contributed by atoms with Gasteiger partial charge < -0.3 is 10.1 Å². The van der Waals surface area contributed by atoms with Crippen molar-refractivity contribution in [3.05, 3.63) is 36.5 Å². The number of amides is 1. The molecule has 0 aliphatic carbocycles. The van der Waals surface area contributed by atoms with Crippen molar-refractivity contribution in [3.8, 4) is 18.1 Å². The van der Waals surface area contributed by atoms with Crippen molar-refractivity contribution >= 4 is 16.8 Å². The van der Waals surface area contributed by atoms with E-state index in [1.54, 1.807) is 6.20 Å². The highest BCUT2D eigenvalue weighted by Gasteiger charge is 2.02. The van der Waals surface area contributed by atoms with Gasteiger partial charge in [-0.2, -0.15) is 0 Å². The second kappa shape index (κ2) is 5.69. The first-order valence-corrected chi connectivity index (χ1v) is 5.47. The van der Waals surface area contributed by atoms with E-state index < -0.39 is 0 Å². The van der Waals surface area contributed by atoms with Gasteiger partial charge in [-0.1, -0.05) is 24.1 Å². The number of aromatic nitrogens is 1. The molecule has 0 saturated heterocycles. The summed E-state index contributed by atoms with van der Waals surface area (Å²) in [5.74, 6) is 2.63. The number of carbonyl (C=O) groups excluding carboxylic acids is 1. The molecule has 4 nitrogen and oxygen atoms in total. The van der Waals surface area contributed by atoms with Crippen LogP contribution >= 0.6 is 0 Å². The molecule has 1 N–H and O–H groups in total. The minimum Gasteiger partial charge on any atom is -0.482 e. The number of hydrogen-bond acceptors (Lipinski definition) is 3. The van der Waals surface area contributed by atoms with Crippen molar-refractivity contribution in [1.29, 1.82) is 0 Å². The summed E-state index contributed by atoms with van der Waals surface area (Å²) < 4.78 is 5.33. The number of para-hydroxylation sites is 1. The van der Waals surface area contributed by atoms with E-state index in [1.165, 1.54) is 0 Å². The van der Waals surface area contributed by atoms with E-state index in [0.29, 0.717) is 5.75 Å². The lowest BCUT2D eigenvalue weighted by molar-refractivity contribution is -0.122. The summed E-state index contributed by atoms with van der Waals surface area (Å²) in [6, 6.07) is 9.54. The summed E-state index contributed by atoms with van der Waals surface area (Å²) in [7, 11) is 0. The van der Waals surface area contributed by atoms with Crippen LogP contribution in [0, 0.1) is 12.3 Å². The van der Waals surface area contributed by atoms with Crippen LogP contribution in [0.15, 0.2) is 36.5 Å². The van der Waals surface area contributed by atoms with Crippen LogP contribution in [0.5, 0.6) is 5.75 Å². The monoisotopic (exact) mass is 240 g/mol. The second-order valence-corrected chi connectivity index (χ2v) is 3.63. The first-order valence-electron chi connectivity index (χ1n) is 5.47. The third kappa shape index (κ3) is 2.98. The van der Waals surface area contributed by atoms with Crippen molar-refractivity contribution < 1.29 is 9.53 Å². The van der Waals surface area contributed by atoms with Gasteiger partial charge in [0.2, 0.25) is 0 Å². The molecule has 1 aromatic carbocycles. The van der Waals surface area contributed by atoms with Crippen LogP contribution in [0.1, 0.15) is 0 Å². The Bertz CT molecular complexity index is 602. The molecule has 1 amide bonds. The molecular weight excluding hydrogens is 228 g/mol. The SMILES string of the molecule is C#CCNC(=O)COc1cnc2ccccc2c1. The zero-order valence-corrected chi connectivity index (χ0v) is 9.72. The summed E-state index contributed by atoms with van der Waals surface area (Å²) in [6.07, 6.45) is 6.62. The topological polar surface area (TPSA) is 51.2 Å². The second-order valence-electron chi connectivity index (χ2n) is 3.63. The molecule has 0 aliphatic heterocycles. The highest BCUT2D eigenvalue weighted by Crippen LogP contribution is 2.17. The van der Waals surface area contributed by atoms with Crippen LogP contribution in [0.25, 0.3) is 10.9 Å². The Balaban J connectivity index is 2.00. The van der Waals surface area contributed by atoms with E-state index in [1.807, 2.05) is 30.3 Å². The Morgan fingerprint density at radius 1 is 1.44 bits per heavy atom. The van der Waals surface area contributed by atoms with Crippen LogP contribution in [-0.2, 0) is 4.79 Å². The fourth-order valence-corrected chi connectivity index (χ4v) is 1.48. The molecule has 0 bridgehead atoms. The van der Waals surface area contributed by atoms with Crippen LogP contribution in [0.4, 0.5) is 0 Å². The number of pyridine rings is 1. The fraction of sp³-hybridized carbons (Fsp3) is 0.143. The van der Waals surface area contributed by atoms with Gasteiger partial charge in [0.15, 0.2) is 6.61 Å². The van der Waals surface area contributed by atoms with Gasteiger partial charge in [0.25, 0.3) is 5.91 Å². The van der Waals surface area contributed by atoms with Gasteiger partial charge in [-0.15, -0.1) is 6.42 Å². The number of benzene rings is 1. The van der Waals surface area contributed by atoms with E-state index in [0.717, 1.165) is 10.9 Å². The summed E-state index contributed by atoms with van der Waals surface area (Å²) in [6.45, 7) is 0.139. The minimum absolute atomic E-state index is 0.0678. The van der Waals surface area contributed by atoms with Gasteiger partial charge in [-0.05, 0) is 12.1 Å². The number of nitrogens with one attached hydrogen (secondary N) is 1. The fourth-order valence-electron chi connectivity index (χ4n) is 1.48. The molecular formula is C14H12N2O2. The first kappa shape index (κ1) is 11.9. The van der Waals surface area contributed by atoms with Crippen molar-refractivity contribution in [3.63, 3.8) is 0 Å². The van der Waals surface area contributed by atoms with Gasteiger partial charge in [0, 0.05) is 5.39 Å². The molecule has 0 fully saturated rings. The van der Waals surface area contributed by atoms with Crippen LogP contribution in [0.2, 0.25) is 0 Å². The molecule has 1 aromatic heterocycles. The average molecular weight is 240 g/mol. The molecule has 90 valence electrons. The molecule has 2 rings (SSSR count). The van der Waals surface area contributed by atoms with Gasteiger partial charge in [-0.3, -0.25) is 9.78 Å². The summed E-state index contributed by atoms with van der Waals surface area (Å²) >= 11 is 0. The molecule has 0 atom stereocenters. The van der Waals surface area contributed by atoms with Gasteiger partial charge in [0.05, 0.1) is 18.3 Å². The molecule has 18 heavy (non-hydrogen) atoms. The lowest BCUT2D eigenvalue weighted by atomic mass is 10.2. The van der Waals surface area contributed by atoms with Gasteiger partial charge in [0.1, 0.15) is 5.75 Å². The van der Waals surface area contributed by atoms with Crippen molar-refractivity contribution in [2.45, 2.75) is 0 Å². The maximum Gasteiger partial charge on any atom is 0.258 e. The van der Waals surface area contributed by atoms with Crippen LogP contribution < -0.4 is 10.1 Å². The lowest BCUT2D eigenvalue weighted by Crippen LogP contribution is -2.29. The molecule has 4 heteroatoms. The standard InChI is InChI=1S/C14H12N2O2/c1-2-7-15-14(17)10-18-12-8-11-5-3-4-6-13(11)16-9-12/h1,3-6,8-9H,7,10H2,(H,15,17). The number of ether oxygens (including phenoxy) is 1. The number of terminal acetylenes is 1. The number of hydrogen-bond donors (Lipinski definition) is 1. The molecule has 2 aromatic rings. The lowest BCUT2D eigenvalue weighted by Gasteiger charge is -2.06. The zero-order chi connectivity index (χ0) is 12.8. The largest absolute Gasteiger partial charge is 0.482 e. The first-order chi connectivity index (χ1) is 8.79. The van der Waals surface area contributed by atoms with Gasteiger partial charge >= 0.3 is 0 Å². The number of carbonyl (C=O) groups is 1. The molecule has 0 saturated carbocycles. The van der Waals surface area contributed by atoms with Crippen molar-refractivity contribution in [2.75, 3.05) is 13.2 Å². The minimum atomic E-state index is -0.249. The Morgan fingerprint density at radius 3 is 3.11 bits per heavy atom. The van der Waals surface area contributed by atoms with E-state index in [4.69, 9.17) is 11.2 Å². The van der Waals surface area contributed by atoms with Gasteiger partial charge in [-0.25, -0.2) is 0 Å². The summed E-state index contributed by atoms with van der Waals surface area (Å²) in [4.78, 5) is 15.5. The molecule has 0 unspecified atom stereocenters. The Kier molecular flexibility index (Phi) is 3.77. The van der Waals surface area contributed by atoms with Crippen molar-refractivity contribution in [1.82, 2.24) is 10.3 Å². The van der Waals surface area contributed by atoms with Crippen LogP contribution in [0.3, 0.4) is 0 Å². The highest BCUT2D eigenvalue weighted by molar-refractivity contribution is 5.80. The third-order valence-electron chi connectivity index (χ3n) is 2.32. The molecule has 0 radical (unpaired) electrons. The van der Waals surface area contributed by atoms with E-state index in [9.17, 15) is 4.79 Å². The van der Waals surface area contributed by atoms with Crippen LogP contribution in [-0.4, -0.2) is 24.0 Å². The normalized spacial score (nSPS) is 9.72. The smallest absolute Gasteiger partial charge is 0.258 e. The van der Waals surface area contributed by atoms with E-state index >= 15 is 0 Å². The predicted octanol–water partition coefficient (Wildman–Crippen LogP) is 1.36. The Morgan fingerprint density at radius 2 is 2.28 bits per heavy atom. The number of nitrogens with zero attached hydrogens (tertiary/aromatic N) is 1. The third-order valence-corrected chi connectivity index (χ3v) is 2.32. The van der Waals surface area contributed by atoms with Crippen molar-refractivity contribution in [2.24, 2.45) is 0 Å². The van der Waals surface area contributed by atoms with E-state index in [-0.39, 0.29) is 19.1 Å². The maximum absolute atomic E-state index is 11.3. The predicted molar refractivity (Wildman–Crippen MR) is 69.1 cm³/mol. The highest BCUT2D eigenvalue weighted by atomic mass is 16.5. The summed E-state index contributed by atoms with van der Waals surface area (Å²) in [5, 5.41) is 3.49. The molecule has 0 spiro atoms. The number of rotatable bonds is 4. The zero-order valence-electron chi connectivity index (χ0n) is 9.72.